The van der Waals surface area contributed by atoms with Gasteiger partial charge in [-0.3, -0.25) is 0 Å². The second-order valence-electron chi connectivity index (χ2n) is 4.66. The van der Waals surface area contributed by atoms with Gasteiger partial charge >= 0.3 is 5.97 Å². The molecule has 1 atom stereocenters. The van der Waals surface area contributed by atoms with Gasteiger partial charge in [-0.2, -0.15) is 0 Å². The molecule has 0 bridgehead atoms. The number of nitrogens with zero attached hydrogens (tertiary/aromatic N) is 1. The van der Waals surface area contributed by atoms with Crippen LogP contribution in [0.15, 0.2) is 0 Å². The van der Waals surface area contributed by atoms with Crippen molar-refractivity contribution in [3.63, 3.8) is 0 Å². The van der Waals surface area contributed by atoms with Crippen LogP contribution >= 0.6 is 0 Å². The normalized spacial score (nSPS) is 19.6. The number of rotatable bonds is 2. The highest BCUT2D eigenvalue weighted by Crippen LogP contribution is 2.32. The number of nitrogens with one attached hydrogen (secondary N) is 1. The fourth-order valence-corrected chi connectivity index (χ4v) is 2.69. The summed E-state index contributed by atoms with van der Waals surface area (Å²) in [6, 6.07) is 0.295. The molecule has 0 aromatic carbocycles. The van der Waals surface area contributed by atoms with Crippen LogP contribution < -0.4 is 5.32 Å². The van der Waals surface area contributed by atoms with E-state index in [1.165, 1.54) is 13.5 Å². The number of carbonyl (C=O) groups excluding carboxylic acids is 1. The molecule has 1 saturated heterocycles. The SMILES string of the molecule is COC(=O)c1c(C2CCCN2)c(C)n(C)c1C. The summed E-state index contributed by atoms with van der Waals surface area (Å²) in [5.41, 5.74) is 4.00. The lowest BCUT2D eigenvalue weighted by atomic mass is 10.00. The summed E-state index contributed by atoms with van der Waals surface area (Å²) in [6.45, 7) is 5.06. The molecule has 4 nitrogen and oxygen atoms in total. The van der Waals surface area contributed by atoms with Crippen LogP contribution in [-0.4, -0.2) is 24.2 Å². The molecule has 1 aliphatic heterocycles. The molecular weight excluding hydrogens is 216 g/mol. The van der Waals surface area contributed by atoms with Gasteiger partial charge in [-0.25, -0.2) is 4.79 Å². The smallest absolute Gasteiger partial charge is 0.340 e. The Balaban J connectivity index is 2.55. The Labute approximate surface area is 102 Å². The Morgan fingerprint density at radius 3 is 2.65 bits per heavy atom. The van der Waals surface area contributed by atoms with E-state index in [9.17, 15) is 4.79 Å². The van der Waals surface area contributed by atoms with Crippen LogP contribution in [0.25, 0.3) is 0 Å². The molecule has 4 heteroatoms. The molecule has 17 heavy (non-hydrogen) atoms. The number of hydrogen-bond donors (Lipinski definition) is 1. The second kappa shape index (κ2) is 4.53. The first-order valence-electron chi connectivity index (χ1n) is 6.05. The molecule has 2 rings (SSSR count). The first kappa shape index (κ1) is 12.2. The van der Waals surface area contributed by atoms with Crippen LogP contribution in [0, 0.1) is 13.8 Å². The molecule has 1 aromatic heterocycles. The zero-order valence-electron chi connectivity index (χ0n) is 11.0. The highest BCUT2D eigenvalue weighted by molar-refractivity contribution is 5.93. The van der Waals surface area contributed by atoms with Gasteiger partial charge in [0.2, 0.25) is 0 Å². The third kappa shape index (κ3) is 1.86. The Morgan fingerprint density at radius 2 is 2.12 bits per heavy atom. The maximum Gasteiger partial charge on any atom is 0.340 e. The molecule has 94 valence electrons. The molecule has 0 radical (unpaired) electrons. The summed E-state index contributed by atoms with van der Waals surface area (Å²) in [7, 11) is 3.44. The first-order valence-corrected chi connectivity index (χ1v) is 6.05. The number of methoxy groups -OCH3 is 1. The van der Waals surface area contributed by atoms with E-state index in [-0.39, 0.29) is 5.97 Å². The Hall–Kier alpha value is -1.29. The van der Waals surface area contributed by atoms with Gasteiger partial charge in [0.1, 0.15) is 0 Å². The molecule has 0 amide bonds. The molecule has 1 aliphatic rings. The lowest BCUT2D eigenvalue weighted by molar-refractivity contribution is 0.0598. The van der Waals surface area contributed by atoms with Gasteiger partial charge < -0.3 is 14.6 Å². The van der Waals surface area contributed by atoms with Crippen molar-refractivity contribution in [2.24, 2.45) is 7.05 Å². The van der Waals surface area contributed by atoms with Crippen molar-refractivity contribution < 1.29 is 9.53 Å². The summed E-state index contributed by atoms with van der Waals surface area (Å²) in [4.78, 5) is 11.9. The lowest BCUT2D eigenvalue weighted by Gasteiger charge is -2.12. The van der Waals surface area contributed by atoms with E-state index in [4.69, 9.17) is 4.74 Å². The number of ether oxygens (including phenoxy) is 1. The Kier molecular flexibility index (Phi) is 3.24. The monoisotopic (exact) mass is 236 g/mol. The van der Waals surface area contributed by atoms with Crippen LogP contribution in [0.3, 0.4) is 0 Å². The van der Waals surface area contributed by atoms with Crippen molar-refractivity contribution >= 4 is 5.97 Å². The van der Waals surface area contributed by atoms with E-state index in [0.717, 1.165) is 35.5 Å². The van der Waals surface area contributed by atoms with E-state index in [1.54, 1.807) is 0 Å². The van der Waals surface area contributed by atoms with Crippen LogP contribution in [-0.2, 0) is 11.8 Å². The minimum absolute atomic E-state index is 0.227. The van der Waals surface area contributed by atoms with Gasteiger partial charge in [-0.15, -0.1) is 0 Å². The highest BCUT2D eigenvalue weighted by Gasteiger charge is 2.29. The summed E-state index contributed by atoms with van der Waals surface area (Å²) in [5.74, 6) is -0.227. The van der Waals surface area contributed by atoms with E-state index in [1.807, 2.05) is 14.0 Å². The third-order valence-corrected chi connectivity index (χ3v) is 3.83. The van der Waals surface area contributed by atoms with Crippen molar-refractivity contribution in [2.75, 3.05) is 13.7 Å². The number of aromatic nitrogens is 1. The van der Waals surface area contributed by atoms with Gasteiger partial charge in [-0.1, -0.05) is 0 Å². The highest BCUT2D eigenvalue weighted by atomic mass is 16.5. The van der Waals surface area contributed by atoms with Crippen LogP contribution in [0.5, 0.6) is 0 Å². The molecule has 0 spiro atoms. The van der Waals surface area contributed by atoms with Crippen LogP contribution in [0.4, 0.5) is 0 Å². The van der Waals surface area contributed by atoms with Crippen molar-refractivity contribution in [1.82, 2.24) is 9.88 Å². The topological polar surface area (TPSA) is 43.3 Å². The van der Waals surface area contributed by atoms with E-state index in [2.05, 4.69) is 16.8 Å². The average molecular weight is 236 g/mol. The molecular formula is C13H20N2O2. The number of esters is 1. The molecule has 1 aromatic rings. The predicted octanol–water partition coefficient (Wildman–Crippen LogP) is 1.85. The zero-order chi connectivity index (χ0) is 12.6. The largest absolute Gasteiger partial charge is 0.465 e. The maximum atomic E-state index is 11.9. The Morgan fingerprint density at radius 1 is 1.41 bits per heavy atom. The van der Waals surface area contributed by atoms with Gasteiger partial charge in [0.15, 0.2) is 0 Å². The van der Waals surface area contributed by atoms with Gasteiger partial charge in [0.25, 0.3) is 0 Å². The first-order chi connectivity index (χ1) is 8.07. The van der Waals surface area contributed by atoms with E-state index < -0.39 is 0 Å². The van der Waals surface area contributed by atoms with Crippen molar-refractivity contribution in [1.29, 1.82) is 0 Å². The minimum Gasteiger partial charge on any atom is -0.465 e. The lowest BCUT2D eigenvalue weighted by Crippen LogP contribution is -2.17. The molecule has 1 unspecified atom stereocenters. The molecule has 0 aliphatic carbocycles. The van der Waals surface area contributed by atoms with Crippen molar-refractivity contribution in [3.8, 4) is 0 Å². The van der Waals surface area contributed by atoms with Crippen LogP contribution in [0.2, 0.25) is 0 Å². The summed E-state index contributed by atoms with van der Waals surface area (Å²) in [5, 5.41) is 3.45. The van der Waals surface area contributed by atoms with Crippen molar-refractivity contribution in [3.05, 3.63) is 22.5 Å². The van der Waals surface area contributed by atoms with Crippen LogP contribution in [0.1, 0.15) is 46.2 Å². The standard InChI is InChI=1S/C13H20N2O2/c1-8-11(10-6-5-7-14-10)12(13(16)17-4)9(2)15(8)3/h10,14H,5-7H2,1-4H3. The van der Waals surface area contributed by atoms with Gasteiger partial charge in [0.05, 0.1) is 12.7 Å². The van der Waals surface area contributed by atoms with E-state index >= 15 is 0 Å². The number of carbonyl (C=O) groups is 1. The van der Waals surface area contributed by atoms with Crippen molar-refractivity contribution in [2.45, 2.75) is 32.7 Å². The predicted molar refractivity (Wildman–Crippen MR) is 66.2 cm³/mol. The van der Waals surface area contributed by atoms with E-state index in [0.29, 0.717) is 6.04 Å². The molecule has 2 heterocycles. The summed E-state index contributed by atoms with van der Waals surface area (Å²) >= 11 is 0. The fourth-order valence-electron chi connectivity index (χ4n) is 2.69. The molecule has 1 N–H and O–H groups in total. The number of hydrogen-bond acceptors (Lipinski definition) is 3. The van der Waals surface area contributed by atoms with Gasteiger partial charge in [0, 0.05) is 30.0 Å². The fraction of sp³-hybridized carbons (Fsp3) is 0.615. The molecule has 1 fully saturated rings. The average Bonchev–Trinajstić information content (AvgIpc) is 2.91. The minimum atomic E-state index is -0.227. The van der Waals surface area contributed by atoms with Gasteiger partial charge in [-0.05, 0) is 33.2 Å². The second-order valence-corrected chi connectivity index (χ2v) is 4.66. The summed E-state index contributed by atoms with van der Waals surface area (Å²) in [6.07, 6.45) is 2.26. The molecule has 0 saturated carbocycles. The summed E-state index contributed by atoms with van der Waals surface area (Å²) < 4.78 is 6.98. The maximum absolute atomic E-state index is 11.9. The zero-order valence-corrected chi connectivity index (χ0v) is 11.0. The quantitative estimate of drug-likeness (QED) is 0.797. The third-order valence-electron chi connectivity index (χ3n) is 3.83. The Bertz CT molecular complexity index is 443.